The normalized spacial score (nSPS) is 13.6. The zero-order valence-corrected chi connectivity index (χ0v) is 25.8. The highest BCUT2D eigenvalue weighted by atomic mass is 35.5. The van der Waals surface area contributed by atoms with E-state index in [0.717, 1.165) is 38.8 Å². The first-order valence-electron chi connectivity index (χ1n) is 14.0. The van der Waals surface area contributed by atoms with Gasteiger partial charge < -0.3 is 16.4 Å². The molecule has 2 amide bonds. The highest BCUT2D eigenvalue weighted by Crippen LogP contribution is 2.39. The molecule has 2 aromatic carbocycles. The molecule has 5 rings (SSSR count). The summed E-state index contributed by atoms with van der Waals surface area (Å²) in [6, 6.07) is 14.3. The molecule has 0 radical (unpaired) electrons. The summed E-state index contributed by atoms with van der Waals surface area (Å²) in [7, 11) is 0. The molecule has 4 N–H and O–H groups in total. The second kappa shape index (κ2) is 13.3. The van der Waals surface area contributed by atoms with Gasteiger partial charge in [-0.2, -0.15) is 0 Å². The van der Waals surface area contributed by atoms with Gasteiger partial charge in [-0.3, -0.25) is 19.1 Å². The van der Waals surface area contributed by atoms with E-state index in [0.29, 0.717) is 36.0 Å². The molecule has 9 nitrogen and oxygen atoms in total. The summed E-state index contributed by atoms with van der Waals surface area (Å²) >= 11 is 7.85. The second-order valence-electron chi connectivity index (χ2n) is 10.2. The minimum absolute atomic E-state index is 0.0911. The minimum atomic E-state index is -0.549. The first kappa shape index (κ1) is 30.2. The second-order valence-corrected chi connectivity index (χ2v) is 11.8. The molecule has 0 saturated carbocycles. The number of halogens is 1. The Labute approximate surface area is 259 Å². The van der Waals surface area contributed by atoms with Gasteiger partial charge in [0.1, 0.15) is 16.9 Å². The monoisotopic (exact) mass is 613 g/mol. The number of fused-ring (bicyclic) bond motifs is 3. The number of aryl methyl sites for hydroxylation is 2. The van der Waals surface area contributed by atoms with Crippen LogP contribution in [0.15, 0.2) is 53.5 Å². The summed E-state index contributed by atoms with van der Waals surface area (Å²) in [5.41, 5.74) is 10.8. The molecule has 3 heterocycles. The molecule has 0 spiro atoms. The molecular weight excluding hydrogens is 582 g/mol. The number of aliphatic imine (C=N–C) groups is 1. The van der Waals surface area contributed by atoms with Crippen molar-refractivity contribution in [3.05, 3.63) is 92.3 Å². The molecule has 0 aliphatic carbocycles. The number of nitrogens with two attached hydrogens (primary N) is 1. The first-order valence-corrected chi connectivity index (χ1v) is 15.2. The Morgan fingerprint density at radius 3 is 2.51 bits per heavy atom. The van der Waals surface area contributed by atoms with Gasteiger partial charge in [-0.05, 0) is 69.2 Å². The van der Waals surface area contributed by atoms with Crippen molar-refractivity contribution in [2.75, 3.05) is 18.4 Å². The van der Waals surface area contributed by atoms with E-state index >= 15 is 0 Å². The Bertz CT molecular complexity index is 1740. The van der Waals surface area contributed by atoms with E-state index in [1.165, 1.54) is 4.88 Å². The third-order valence-corrected chi connectivity index (χ3v) is 8.59. The number of nitrogens with zero attached hydrogens (tertiary/aromatic N) is 4. The van der Waals surface area contributed by atoms with Crippen LogP contribution in [-0.4, -0.2) is 45.4 Å². The van der Waals surface area contributed by atoms with E-state index in [4.69, 9.17) is 22.3 Å². The van der Waals surface area contributed by atoms with Gasteiger partial charge >= 0.3 is 0 Å². The highest BCUT2D eigenvalue weighted by molar-refractivity contribution is 7.15. The number of hydrogen-bond donors (Lipinski definition) is 3. The molecule has 220 valence electrons. The first-order chi connectivity index (χ1) is 20.7. The predicted octanol–water partition coefficient (Wildman–Crippen LogP) is 5.03. The smallest absolute Gasteiger partial charge is 0.224 e. The third-order valence-electron chi connectivity index (χ3n) is 7.14. The van der Waals surface area contributed by atoms with Gasteiger partial charge in [-0.25, -0.2) is 0 Å². The lowest BCUT2D eigenvalue weighted by atomic mass is 9.99. The molecule has 1 atom stereocenters. The van der Waals surface area contributed by atoms with Crippen molar-refractivity contribution in [2.24, 2.45) is 10.7 Å². The number of amides is 2. The summed E-state index contributed by atoms with van der Waals surface area (Å²) in [6.07, 6.45) is 0.851. The SMILES string of the molecule is Cc1sc2c(c1C)C(c1ccc(Cl)cc1)=NC(CC(=O)NCCCC(=O)Nc1ccc(C#CCN)cc1)c1nnc(C)n1-2. The van der Waals surface area contributed by atoms with Crippen molar-refractivity contribution in [3.63, 3.8) is 0 Å². The van der Waals surface area contributed by atoms with Gasteiger partial charge in [0.25, 0.3) is 0 Å². The zero-order valence-electron chi connectivity index (χ0n) is 24.2. The number of rotatable bonds is 8. The van der Waals surface area contributed by atoms with Crippen molar-refractivity contribution >= 4 is 46.2 Å². The molecule has 11 heteroatoms. The van der Waals surface area contributed by atoms with Crippen molar-refractivity contribution in [1.29, 1.82) is 0 Å². The van der Waals surface area contributed by atoms with Gasteiger partial charge in [-0.1, -0.05) is 35.6 Å². The fourth-order valence-corrected chi connectivity index (χ4v) is 6.21. The van der Waals surface area contributed by atoms with Crippen LogP contribution in [0.1, 0.15) is 64.1 Å². The standard InChI is InChI=1S/C32H32ClN7O2S/c1-19-20(2)43-32-29(19)30(23-10-12-24(33)13-11-23)37-26(31-39-38-21(3)40(31)32)18-28(42)35-17-5-7-27(41)36-25-14-8-22(9-15-25)6-4-16-34/h8-15,26H,5,7,16-18,34H2,1-3H3,(H,35,42)(H,36,41). The average Bonchev–Trinajstić information content (AvgIpc) is 3.47. The number of aromatic nitrogens is 3. The number of nitrogens with one attached hydrogen (secondary N) is 2. The van der Waals surface area contributed by atoms with Crippen LogP contribution in [0.25, 0.3) is 5.00 Å². The summed E-state index contributed by atoms with van der Waals surface area (Å²) < 4.78 is 2.02. The molecule has 43 heavy (non-hydrogen) atoms. The molecule has 2 aromatic heterocycles. The maximum atomic E-state index is 13.1. The van der Waals surface area contributed by atoms with Crippen LogP contribution in [0, 0.1) is 32.6 Å². The van der Waals surface area contributed by atoms with Crippen LogP contribution in [0.2, 0.25) is 5.02 Å². The summed E-state index contributed by atoms with van der Waals surface area (Å²) in [5, 5.41) is 16.2. The number of anilines is 1. The Balaban J connectivity index is 1.26. The van der Waals surface area contributed by atoms with Crippen LogP contribution < -0.4 is 16.4 Å². The Morgan fingerprint density at radius 2 is 1.79 bits per heavy atom. The molecule has 0 saturated heterocycles. The predicted molar refractivity (Wildman–Crippen MR) is 171 cm³/mol. The third kappa shape index (κ3) is 6.86. The van der Waals surface area contributed by atoms with E-state index in [-0.39, 0.29) is 24.7 Å². The van der Waals surface area contributed by atoms with Crippen LogP contribution in [0.4, 0.5) is 5.69 Å². The largest absolute Gasteiger partial charge is 0.356 e. The Hall–Kier alpha value is -4.30. The Morgan fingerprint density at radius 1 is 1.05 bits per heavy atom. The molecule has 1 unspecified atom stereocenters. The minimum Gasteiger partial charge on any atom is -0.356 e. The zero-order chi connectivity index (χ0) is 30.5. The Kier molecular flexibility index (Phi) is 9.36. The van der Waals surface area contributed by atoms with E-state index in [1.807, 2.05) is 47.9 Å². The van der Waals surface area contributed by atoms with Crippen molar-refractivity contribution in [1.82, 2.24) is 20.1 Å². The molecule has 0 bridgehead atoms. The van der Waals surface area contributed by atoms with E-state index < -0.39 is 6.04 Å². The van der Waals surface area contributed by atoms with Crippen molar-refractivity contribution in [3.8, 4) is 16.8 Å². The summed E-state index contributed by atoms with van der Waals surface area (Å²) in [5.74, 6) is 6.80. The van der Waals surface area contributed by atoms with E-state index in [2.05, 4.69) is 46.5 Å². The van der Waals surface area contributed by atoms with Crippen molar-refractivity contribution in [2.45, 2.75) is 46.1 Å². The molecular formula is C32H32ClN7O2S. The van der Waals surface area contributed by atoms with Crippen LogP contribution in [-0.2, 0) is 9.59 Å². The molecule has 1 aliphatic heterocycles. The number of carbonyl (C=O) groups is 2. The summed E-state index contributed by atoms with van der Waals surface area (Å²) in [4.78, 5) is 31.9. The molecule has 0 fully saturated rings. The van der Waals surface area contributed by atoms with Crippen LogP contribution >= 0.6 is 22.9 Å². The van der Waals surface area contributed by atoms with Gasteiger partial charge in [0, 0.05) is 45.2 Å². The van der Waals surface area contributed by atoms with Crippen molar-refractivity contribution < 1.29 is 9.59 Å². The maximum Gasteiger partial charge on any atom is 0.224 e. The molecule has 4 aromatic rings. The quantitative estimate of drug-likeness (QED) is 0.190. The number of carbonyl (C=O) groups excluding carboxylic acids is 2. The molecule has 1 aliphatic rings. The highest BCUT2D eigenvalue weighted by Gasteiger charge is 2.32. The lowest BCUT2D eigenvalue weighted by Gasteiger charge is -2.13. The van der Waals surface area contributed by atoms with Gasteiger partial charge in [0.2, 0.25) is 11.8 Å². The lowest BCUT2D eigenvalue weighted by Crippen LogP contribution is -2.27. The van der Waals surface area contributed by atoms with Gasteiger partial charge in [-0.15, -0.1) is 21.5 Å². The van der Waals surface area contributed by atoms with E-state index in [9.17, 15) is 9.59 Å². The number of thiophene rings is 1. The number of benzene rings is 2. The number of hydrogen-bond acceptors (Lipinski definition) is 7. The lowest BCUT2D eigenvalue weighted by molar-refractivity contribution is -0.122. The van der Waals surface area contributed by atoms with Gasteiger partial charge in [0.15, 0.2) is 5.82 Å². The maximum absolute atomic E-state index is 13.1. The average molecular weight is 614 g/mol. The van der Waals surface area contributed by atoms with Crippen LogP contribution in [0.5, 0.6) is 0 Å². The fraction of sp³-hybridized carbons (Fsp3) is 0.281. The fourth-order valence-electron chi connectivity index (χ4n) is 4.87. The summed E-state index contributed by atoms with van der Waals surface area (Å²) in [6.45, 7) is 6.74. The van der Waals surface area contributed by atoms with Crippen LogP contribution in [0.3, 0.4) is 0 Å². The van der Waals surface area contributed by atoms with E-state index in [1.54, 1.807) is 23.5 Å². The topological polar surface area (TPSA) is 127 Å². The van der Waals surface area contributed by atoms with Gasteiger partial charge in [0.05, 0.1) is 18.7 Å².